The zero-order valence-electron chi connectivity index (χ0n) is 13.9. The number of benzene rings is 2. The van der Waals surface area contributed by atoms with E-state index in [-0.39, 0.29) is 5.92 Å². The Morgan fingerprint density at radius 1 is 1.29 bits per heavy atom. The molecule has 0 aliphatic heterocycles. The Hall–Kier alpha value is -3.00. The van der Waals surface area contributed by atoms with Crippen molar-refractivity contribution in [1.82, 2.24) is 9.55 Å². The van der Waals surface area contributed by atoms with Crippen molar-refractivity contribution in [2.75, 3.05) is 12.3 Å². The third-order valence-electron chi connectivity index (χ3n) is 3.90. The van der Waals surface area contributed by atoms with Crippen LogP contribution in [0.25, 0.3) is 22.4 Å². The molecule has 0 fully saturated rings. The summed E-state index contributed by atoms with van der Waals surface area (Å²) in [5.41, 5.74) is 9.52. The average molecular weight is 320 g/mol. The van der Waals surface area contributed by atoms with Gasteiger partial charge in [-0.3, -0.25) is 0 Å². The van der Waals surface area contributed by atoms with Crippen LogP contribution in [0.15, 0.2) is 42.5 Å². The summed E-state index contributed by atoms with van der Waals surface area (Å²) in [6, 6.07) is 15.9. The number of para-hydroxylation sites is 2. The number of hydrogen-bond donors (Lipinski definition) is 1. The van der Waals surface area contributed by atoms with E-state index in [0.717, 1.165) is 22.4 Å². The molecule has 2 N–H and O–H groups in total. The van der Waals surface area contributed by atoms with Crippen LogP contribution in [-0.4, -0.2) is 16.2 Å². The van der Waals surface area contributed by atoms with E-state index in [1.807, 2.05) is 56.3 Å². The predicted molar refractivity (Wildman–Crippen MR) is 95.5 cm³/mol. The number of imidazole rings is 1. The number of aromatic nitrogens is 2. The predicted octanol–water partition coefficient (Wildman–Crippen LogP) is 3.84. The van der Waals surface area contributed by atoms with E-state index >= 15 is 0 Å². The van der Waals surface area contributed by atoms with Gasteiger partial charge in [-0.15, -0.1) is 0 Å². The van der Waals surface area contributed by atoms with E-state index in [2.05, 4.69) is 10.6 Å². The molecular weight excluding hydrogens is 300 g/mol. The van der Waals surface area contributed by atoms with Crippen LogP contribution in [0, 0.1) is 17.2 Å². The number of nitrogens with two attached hydrogens (primary N) is 1. The number of fused-ring (bicyclic) bond motifs is 1. The SMILES string of the molecule is CCOc1ccc(-c2nc3ccccc3n2CC(C)C#N)cc1N. The van der Waals surface area contributed by atoms with Gasteiger partial charge in [0.25, 0.3) is 0 Å². The molecule has 1 atom stereocenters. The summed E-state index contributed by atoms with van der Waals surface area (Å²) in [4.78, 5) is 4.74. The van der Waals surface area contributed by atoms with Crippen LogP contribution in [0.2, 0.25) is 0 Å². The van der Waals surface area contributed by atoms with E-state index in [1.54, 1.807) is 0 Å². The summed E-state index contributed by atoms with van der Waals surface area (Å²) in [5.74, 6) is 1.38. The molecule has 122 valence electrons. The van der Waals surface area contributed by atoms with Crippen molar-refractivity contribution in [3.05, 3.63) is 42.5 Å². The molecule has 0 amide bonds. The molecule has 24 heavy (non-hydrogen) atoms. The molecule has 0 aliphatic carbocycles. The first kappa shape index (κ1) is 15.9. The third-order valence-corrected chi connectivity index (χ3v) is 3.90. The van der Waals surface area contributed by atoms with Gasteiger partial charge in [0.2, 0.25) is 0 Å². The van der Waals surface area contributed by atoms with Crippen molar-refractivity contribution < 1.29 is 4.74 Å². The summed E-state index contributed by atoms with van der Waals surface area (Å²) in [7, 11) is 0. The lowest BCUT2D eigenvalue weighted by Gasteiger charge is -2.12. The minimum atomic E-state index is -0.110. The normalized spacial score (nSPS) is 12.0. The van der Waals surface area contributed by atoms with E-state index in [1.165, 1.54) is 0 Å². The van der Waals surface area contributed by atoms with Crippen molar-refractivity contribution in [3.8, 4) is 23.2 Å². The Morgan fingerprint density at radius 3 is 2.79 bits per heavy atom. The minimum Gasteiger partial charge on any atom is -0.492 e. The van der Waals surface area contributed by atoms with Crippen LogP contribution in [0.5, 0.6) is 5.75 Å². The Kier molecular flexibility index (Phi) is 4.39. The zero-order valence-corrected chi connectivity index (χ0v) is 13.9. The van der Waals surface area contributed by atoms with Gasteiger partial charge in [0.05, 0.1) is 35.3 Å². The van der Waals surface area contributed by atoms with Crippen molar-refractivity contribution in [2.45, 2.75) is 20.4 Å². The maximum absolute atomic E-state index is 9.19. The quantitative estimate of drug-likeness (QED) is 0.724. The van der Waals surface area contributed by atoms with Crippen molar-refractivity contribution in [1.29, 1.82) is 5.26 Å². The van der Waals surface area contributed by atoms with Gasteiger partial charge in [-0.2, -0.15) is 5.26 Å². The van der Waals surface area contributed by atoms with Crippen molar-refractivity contribution >= 4 is 16.7 Å². The average Bonchev–Trinajstić information content (AvgIpc) is 2.95. The second-order valence-corrected chi connectivity index (χ2v) is 5.75. The highest BCUT2D eigenvalue weighted by Crippen LogP contribution is 2.31. The van der Waals surface area contributed by atoms with Crippen LogP contribution in [0.3, 0.4) is 0 Å². The molecule has 0 spiro atoms. The van der Waals surface area contributed by atoms with Gasteiger partial charge in [-0.1, -0.05) is 12.1 Å². The molecule has 1 aromatic heterocycles. The standard InChI is InChI=1S/C19H20N4O/c1-3-24-18-9-8-14(10-15(18)21)19-22-16-6-4-5-7-17(16)23(19)12-13(2)11-20/h4-10,13H,3,12,21H2,1-2H3. The molecule has 2 aromatic carbocycles. The maximum Gasteiger partial charge on any atom is 0.142 e. The Labute approximate surface area is 141 Å². The fraction of sp³-hybridized carbons (Fsp3) is 0.263. The molecule has 3 aromatic rings. The van der Waals surface area contributed by atoms with E-state index in [0.29, 0.717) is 24.6 Å². The molecule has 1 unspecified atom stereocenters. The van der Waals surface area contributed by atoms with Gasteiger partial charge in [0.1, 0.15) is 11.6 Å². The Bertz CT molecular complexity index is 907. The van der Waals surface area contributed by atoms with Crippen LogP contribution in [-0.2, 0) is 6.54 Å². The van der Waals surface area contributed by atoms with Crippen molar-refractivity contribution in [2.24, 2.45) is 5.92 Å². The lowest BCUT2D eigenvalue weighted by atomic mass is 10.1. The molecule has 5 heteroatoms. The summed E-state index contributed by atoms with van der Waals surface area (Å²) >= 11 is 0. The summed E-state index contributed by atoms with van der Waals surface area (Å²) < 4.78 is 7.59. The summed E-state index contributed by atoms with van der Waals surface area (Å²) in [6.45, 7) is 4.99. The second-order valence-electron chi connectivity index (χ2n) is 5.75. The van der Waals surface area contributed by atoms with Gasteiger partial charge < -0.3 is 15.0 Å². The molecule has 0 saturated heterocycles. The van der Waals surface area contributed by atoms with Gasteiger partial charge in [0, 0.05) is 12.1 Å². The summed E-state index contributed by atoms with van der Waals surface area (Å²) in [6.07, 6.45) is 0. The lowest BCUT2D eigenvalue weighted by molar-refractivity contribution is 0.342. The van der Waals surface area contributed by atoms with Gasteiger partial charge in [-0.05, 0) is 44.2 Å². The largest absolute Gasteiger partial charge is 0.492 e. The van der Waals surface area contributed by atoms with Crippen molar-refractivity contribution in [3.63, 3.8) is 0 Å². The zero-order chi connectivity index (χ0) is 17.1. The molecule has 0 saturated carbocycles. The monoisotopic (exact) mass is 320 g/mol. The Balaban J connectivity index is 2.13. The maximum atomic E-state index is 9.19. The molecule has 0 bridgehead atoms. The summed E-state index contributed by atoms with van der Waals surface area (Å²) in [5, 5.41) is 9.19. The third kappa shape index (κ3) is 2.91. The number of nitrogens with zero attached hydrogens (tertiary/aromatic N) is 3. The number of ether oxygens (including phenoxy) is 1. The topological polar surface area (TPSA) is 76.9 Å². The lowest BCUT2D eigenvalue weighted by Crippen LogP contribution is -2.07. The molecule has 0 radical (unpaired) electrons. The number of anilines is 1. The molecular formula is C19H20N4O. The van der Waals surface area contributed by atoms with E-state index < -0.39 is 0 Å². The first-order chi connectivity index (χ1) is 11.6. The van der Waals surface area contributed by atoms with E-state index in [9.17, 15) is 5.26 Å². The fourth-order valence-electron chi connectivity index (χ4n) is 2.77. The van der Waals surface area contributed by atoms with Crippen LogP contribution >= 0.6 is 0 Å². The van der Waals surface area contributed by atoms with Crippen LogP contribution in [0.1, 0.15) is 13.8 Å². The number of hydrogen-bond acceptors (Lipinski definition) is 4. The molecule has 5 nitrogen and oxygen atoms in total. The van der Waals surface area contributed by atoms with Gasteiger partial charge >= 0.3 is 0 Å². The smallest absolute Gasteiger partial charge is 0.142 e. The fourth-order valence-corrected chi connectivity index (χ4v) is 2.77. The highest BCUT2D eigenvalue weighted by atomic mass is 16.5. The second kappa shape index (κ2) is 6.63. The first-order valence-corrected chi connectivity index (χ1v) is 8.01. The van der Waals surface area contributed by atoms with Crippen LogP contribution in [0.4, 0.5) is 5.69 Å². The molecule has 3 rings (SSSR count). The van der Waals surface area contributed by atoms with E-state index in [4.69, 9.17) is 15.5 Å². The Morgan fingerprint density at radius 2 is 2.08 bits per heavy atom. The van der Waals surface area contributed by atoms with Gasteiger partial charge in [0.15, 0.2) is 0 Å². The highest BCUT2D eigenvalue weighted by Gasteiger charge is 2.15. The van der Waals surface area contributed by atoms with Gasteiger partial charge in [-0.25, -0.2) is 4.98 Å². The minimum absolute atomic E-state index is 0.110. The highest BCUT2D eigenvalue weighted by molar-refractivity contribution is 5.81. The number of nitrogen functional groups attached to an aromatic ring is 1. The van der Waals surface area contributed by atoms with Crippen LogP contribution < -0.4 is 10.5 Å². The molecule has 0 aliphatic rings. The number of nitriles is 1. The first-order valence-electron chi connectivity index (χ1n) is 8.01. The number of rotatable bonds is 5. The molecule has 1 heterocycles.